The number of carbonyl (C=O) groups excluding carboxylic acids is 1. The van der Waals surface area contributed by atoms with E-state index in [1.807, 2.05) is 6.92 Å². The van der Waals surface area contributed by atoms with Gasteiger partial charge in [0.15, 0.2) is 5.78 Å². The maximum atomic E-state index is 10.7. The molecule has 0 aliphatic heterocycles. The van der Waals surface area contributed by atoms with E-state index < -0.39 is 0 Å². The number of Topliss-reactive ketones (excluding diaryl/α,β-unsaturated/α-hetero) is 1. The molecule has 2 heteroatoms. The lowest BCUT2D eigenvalue weighted by molar-refractivity contribution is 0.101. The van der Waals surface area contributed by atoms with E-state index in [1.54, 1.807) is 6.20 Å². The third-order valence-corrected chi connectivity index (χ3v) is 1.18. The summed E-state index contributed by atoms with van der Waals surface area (Å²) in [6.45, 7) is 3.37. The lowest BCUT2D eigenvalue weighted by atomic mass is 10.2. The maximum absolute atomic E-state index is 10.7. The number of pyridine rings is 1. The van der Waals surface area contributed by atoms with Crippen LogP contribution in [0.3, 0.4) is 0 Å². The van der Waals surface area contributed by atoms with Crippen molar-refractivity contribution in [1.82, 2.24) is 4.98 Å². The summed E-state index contributed by atoms with van der Waals surface area (Å²) < 4.78 is 0. The second-order valence-electron chi connectivity index (χ2n) is 2.19. The van der Waals surface area contributed by atoms with E-state index in [9.17, 15) is 4.79 Å². The van der Waals surface area contributed by atoms with E-state index in [4.69, 9.17) is 0 Å². The molecular formula is C8H8NO. The van der Waals surface area contributed by atoms with E-state index in [1.165, 1.54) is 13.1 Å². The van der Waals surface area contributed by atoms with Gasteiger partial charge in [-0.2, -0.15) is 0 Å². The molecule has 1 aromatic rings. The maximum Gasteiger partial charge on any atom is 0.161 e. The Balaban J connectivity index is 3.07. The third kappa shape index (κ3) is 1.41. The number of hydrogen-bond acceptors (Lipinski definition) is 2. The largest absolute Gasteiger partial charge is 0.294 e. The van der Waals surface area contributed by atoms with Crippen molar-refractivity contribution in [3.05, 3.63) is 29.6 Å². The SMILES string of the molecule is CC(=O)c1[c]c(C)cnc1. The molecule has 0 unspecified atom stereocenters. The average Bonchev–Trinajstić information content (AvgIpc) is 1.88. The summed E-state index contributed by atoms with van der Waals surface area (Å²) in [7, 11) is 0. The van der Waals surface area contributed by atoms with Crippen molar-refractivity contribution < 1.29 is 4.79 Å². The molecule has 0 aliphatic carbocycles. The van der Waals surface area contributed by atoms with Crippen molar-refractivity contribution in [2.45, 2.75) is 13.8 Å². The highest BCUT2D eigenvalue weighted by Gasteiger charge is 1.97. The first-order valence-electron chi connectivity index (χ1n) is 3.05. The highest BCUT2D eigenvalue weighted by Crippen LogP contribution is 1.99. The van der Waals surface area contributed by atoms with Crippen LogP contribution in [0.2, 0.25) is 0 Å². The summed E-state index contributed by atoms with van der Waals surface area (Å²) in [5, 5.41) is 0. The third-order valence-electron chi connectivity index (χ3n) is 1.18. The Morgan fingerprint density at radius 2 is 2.30 bits per heavy atom. The van der Waals surface area contributed by atoms with Crippen LogP contribution in [0.1, 0.15) is 22.8 Å². The van der Waals surface area contributed by atoms with Crippen molar-refractivity contribution >= 4 is 5.78 Å². The second kappa shape index (κ2) is 2.60. The number of ketones is 1. The molecule has 0 aromatic carbocycles. The standard InChI is InChI=1S/C8H8NO/c1-6-3-8(7(2)10)5-9-4-6/h4-5H,1-2H3. The zero-order valence-electron chi connectivity index (χ0n) is 6.01. The van der Waals surface area contributed by atoms with Gasteiger partial charge in [-0.25, -0.2) is 0 Å². The van der Waals surface area contributed by atoms with Gasteiger partial charge < -0.3 is 0 Å². The van der Waals surface area contributed by atoms with Crippen LogP contribution >= 0.6 is 0 Å². The lowest BCUT2D eigenvalue weighted by Crippen LogP contribution is -1.93. The van der Waals surface area contributed by atoms with Crippen LogP contribution in [0.4, 0.5) is 0 Å². The summed E-state index contributed by atoms with van der Waals surface area (Å²) in [6, 6.07) is 2.89. The van der Waals surface area contributed by atoms with E-state index in [0.29, 0.717) is 5.56 Å². The minimum absolute atomic E-state index is 0.0104. The summed E-state index contributed by atoms with van der Waals surface area (Å²) in [4.78, 5) is 14.6. The van der Waals surface area contributed by atoms with Gasteiger partial charge >= 0.3 is 0 Å². The Kier molecular flexibility index (Phi) is 1.81. The molecule has 1 rings (SSSR count). The molecule has 1 radical (unpaired) electrons. The van der Waals surface area contributed by atoms with Crippen molar-refractivity contribution in [3.63, 3.8) is 0 Å². The summed E-state index contributed by atoms with van der Waals surface area (Å²) >= 11 is 0. The van der Waals surface area contributed by atoms with Gasteiger partial charge in [-0.15, -0.1) is 0 Å². The first kappa shape index (κ1) is 6.93. The van der Waals surface area contributed by atoms with E-state index >= 15 is 0 Å². The Bertz CT molecular complexity index is 255. The molecule has 10 heavy (non-hydrogen) atoms. The fourth-order valence-corrected chi connectivity index (χ4v) is 0.679. The lowest BCUT2D eigenvalue weighted by Gasteiger charge is -1.93. The number of nitrogens with zero attached hydrogens (tertiary/aromatic N) is 1. The van der Waals surface area contributed by atoms with Crippen LogP contribution < -0.4 is 0 Å². The minimum atomic E-state index is 0.0104. The number of rotatable bonds is 1. The van der Waals surface area contributed by atoms with Crippen LogP contribution in [-0.4, -0.2) is 10.8 Å². The Morgan fingerprint density at radius 3 is 2.70 bits per heavy atom. The molecule has 0 N–H and O–H groups in total. The molecule has 0 atom stereocenters. The molecule has 0 saturated heterocycles. The zero-order valence-corrected chi connectivity index (χ0v) is 6.01. The smallest absolute Gasteiger partial charge is 0.161 e. The van der Waals surface area contributed by atoms with Gasteiger partial charge in [0.05, 0.1) is 0 Å². The first-order valence-corrected chi connectivity index (χ1v) is 3.05. The fraction of sp³-hybridized carbons (Fsp3) is 0.250. The predicted molar refractivity (Wildman–Crippen MR) is 37.8 cm³/mol. The summed E-state index contributed by atoms with van der Waals surface area (Å²) in [5.74, 6) is 0.0104. The van der Waals surface area contributed by atoms with Gasteiger partial charge in [-0.05, 0) is 25.5 Å². The molecule has 51 valence electrons. The molecule has 1 aromatic heterocycles. The van der Waals surface area contributed by atoms with Gasteiger partial charge in [0.1, 0.15) is 0 Å². The molecular weight excluding hydrogens is 126 g/mol. The number of aryl methyl sites for hydroxylation is 1. The highest BCUT2D eigenvalue weighted by molar-refractivity contribution is 5.93. The second-order valence-corrected chi connectivity index (χ2v) is 2.19. The van der Waals surface area contributed by atoms with Crippen molar-refractivity contribution in [2.75, 3.05) is 0 Å². The highest BCUT2D eigenvalue weighted by atomic mass is 16.1. The van der Waals surface area contributed by atoms with Crippen LogP contribution in [0.25, 0.3) is 0 Å². The molecule has 1 heterocycles. The van der Waals surface area contributed by atoms with Gasteiger partial charge in [-0.3, -0.25) is 9.78 Å². The Labute approximate surface area is 59.9 Å². The van der Waals surface area contributed by atoms with Gasteiger partial charge in [0, 0.05) is 18.0 Å². The van der Waals surface area contributed by atoms with E-state index in [2.05, 4.69) is 11.1 Å². The minimum Gasteiger partial charge on any atom is -0.294 e. The topological polar surface area (TPSA) is 30.0 Å². The van der Waals surface area contributed by atoms with E-state index in [-0.39, 0.29) is 5.78 Å². The summed E-state index contributed by atoms with van der Waals surface area (Å²) in [5.41, 5.74) is 1.45. The first-order chi connectivity index (χ1) is 4.70. The monoisotopic (exact) mass is 134 g/mol. The Morgan fingerprint density at radius 1 is 1.60 bits per heavy atom. The predicted octanol–water partition coefficient (Wildman–Crippen LogP) is 1.39. The fourth-order valence-electron chi connectivity index (χ4n) is 0.679. The molecule has 0 aliphatic rings. The molecule has 2 nitrogen and oxygen atoms in total. The number of aromatic nitrogens is 1. The molecule has 0 amide bonds. The summed E-state index contributed by atoms with van der Waals surface area (Å²) in [6.07, 6.45) is 3.20. The van der Waals surface area contributed by atoms with E-state index in [0.717, 1.165) is 5.56 Å². The Hall–Kier alpha value is -1.18. The van der Waals surface area contributed by atoms with Crippen molar-refractivity contribution in [1.29, 1.82) is 0 Å². The number of carbonyl (C=O) groups is 1. The quantitative estimate of drug-likeness (QED) is 0.543. The number of hydrogen-bond donors (Lipinski definition) is 0. The zero-order chi connectivity index (χ0) is 7.56. The molecule has 0 bridgehead atoms. The normalized spacial score (nSPS) is 9.40. The van der Waals surface area contributed by atoms with Gasteiger partial charge in [0.25, 0.3) is 0 Å². The van der Waals surface area contributed by atoms with Crippen LogP contribution in [0.5, 0.6) is 0 Å². The van der Waals surface area contributed by atoms with Crippen LogP contribution in [0.15, 0.2) is 12.4 Å². The van der Waals surface area contributed by atoms with Gasteiger partial charge in [0.2, 0.25) is 0 Å². The van der Waals surface area contributed by atoms with Crippen LogP contribution in [-0.2, 0) is 0 Å². The van der Waals surface area contributed by atoms with Gasteiger partial charge in [-0.1, -0.05) is 0 Å². The molecule has 0 saturated carbocycles. The molecule has 0 spiro atoms. The molecule has 0 fully saturated rings. The van der Waals surface area contributed by atoms with Crippen LogP contribution in [0, 0.1) is 13.0 Å². The van der Waals surface area contributed by atoms with Crippen molar-refractivity contribution in [2.24, 2.45) is 0 Å². The van der Waals surface area contributed by atoms with Crippen molar-refractivity contribution in [3.8, 4) is 0 Å². The average molecular weight is 134 g/mol.